The molecule has 0 amide bonds. The minimum absolute atomic E-state index is 0.296. The molecule has 4 unspecified atom stereocenters. The van der Waals surface area contributed by atoms with Crippen molar-refractivity contribution in [2.75, 3.05) is 6.61 Å². The van der Waals surface area contributed by atoms with Crippen molar-refractivity contribution in [2.24, 2.45) is 0 Å². The normalized spacial score (nSPS) is 48.0. The van der Waals surface area contributed by atoms with Crippen LogP contribution in [0.15, 0.2) is 0 Å². The second-order valence-corrected chi connectivity index (χ2v) is 2.74. The van der Waals surface area contributed by atoms with Gasteiger partial charge in [-0.25, -0.2) is 0 Å². The van der Waals surface area contributed by atoms with Gasteiger partial charge in [-0.3, -0.25) is 0 Å². The lowest BCUT2D eigenvalue weighted by atomic mass is 10.2. The maximum atomic E-state index is 9.04. The number of hydrogen-bond acceptors (Lipinski definition) is 5. The van der Waals surface area contributed by atoms with Crippen LogP contribution in [0.3, 0.4) is 0 Å². The minimum Gasteiger partial charge on any atom is -0.394 e. The summed E-state index contributed by atoms with van der Waals surface area (Å²) in [7, 11) is 0. The van der Waals surface area contributed by atoms with E-state index in [1.54, 1.807) is 0 Å². The largest absolute Gasteiger partial charge is 0.394 e. The van der Waals surface area contributed by atoms with Gasteiger partial charge in [0.2, 0.25) is 0 Å². The van der Waals surface area contributed by atoms with Crippen LogP contribution in [0.25, 0.3) is 0 Å². The first-order valence-electron chi connectivity index (χ1n) is 2.97. The van der Waals surface area contributed by atoms with Crippen LogP contribution in [0.2, 0.25) is 0 Å². The summed E-state index contributed by atoms with van der Waals surface area (Å²) < 4.78 is 4.85. The summed E-state index contributed by atoms with van der Waals surface area (Å²) in [5.74, 6) is 0. The lowest BCUT2D eigenvalue weighted by molar-refractivity contribution is -0.00794. The number of thiol groups is 1. The average Bonchev–Trinajstić information content (AvgIpc) is 2.17. The second kappa shape index (κ2) is 3.06. The van der Waals surface area contributed by atoms with Crippen LogP contribution in [-0.2, 0) is 4.74 Å². The maximum Gasteiger partial charge on any atom is 0.129 e. The van der Waals surface area contributed by atoms with E-state index in [0.717, 1.165) is 0 Å². The molecule has 1 aliphatic heterocycles. The van der Waals surface area contributed by atoms with Crippen molar-refractivity contribution < 1.29 is 20.1 Å². The molecule has 0 bridgehead atoms. The van der Waals surface area contributed by atoms with Gasteiger partial charge in [0, 0.05) is 0 Å². The first-order chi connectivity index (χ1) is 4.66. The molecule has 0 radical (unpaired) electrons. The van der Waals surface area contributed by atoms with Gasteiger partial charge in [0.25, 0.3) is 0 Å². The number of aliphatic hydroxyl groups excluding tert-OH is 3. The Balaban J connectivity index is 2.53. The van der Waals surface area contributed by atoms with Gasteiger partial charge >= 0.3 is 0 Å². The maximum absolute atomic E-state index is 9.04. The van der Waals surface area contributed by atoms with Crippen molar-refractivity contribution in [3.8, 4) is 0 Å². The van der Waals surface area contributed by atoms with Crippen LogP contribution >= 0.6 is 12.6 Å². The molecule has 5 heteroatoms. The van der Waals surface area contributed by atoms with E-state index in [-0.39, 0.29) is 6.61 Å². The third-order valence-electron chi connectivity index (χ3n) is 1.52. The van der Waals surface area contributed by atoms with Crippen LogP contribution in [0.1, 0.15) is 0 Å². The molecule has 1 saturated heterocycles. The third-order valence-corrected chi connectivity index (χ3v) is 1.94. The van der Waals surface area contributed by atoms with Gasteiger partial charge < -0.3 is 20.1 Å². The lowest BCUT2D eigenvalue weighted by Crippen LogP contribution is -2.32. The summed E-state index contributed by atoms with van der Waals surface area (Å²) in [5.41, 5.74) is -0.688. The fourth-order valence-corrected chi connectivity index (χ4v) is 1.21. The van der Waals surface area contributed by atoms with Gasteiger partial charge in [-0.1, -0.05) is 0 Å². The van der Waals surface area contributed by atoms with E-state index in [1.807, 2.05) is 0 Å². The molecule has 1 heterocycles. The predicted molar refractivity (Wildman–Crippen MR) is 36.7 cm³/mol. The highest BCUT2D eigenvalue weighted by Gasteiger charge is 2.40. The van der Waals surface area contributed by atoms with Gasteiger partial charge in [-0.2, -0.15) is 0 Å². The van der Waals surface area contributed by atoms with E-state index < -0.39 is 23.7 Å². The Morgan fingerprint density at radius 2 is 1.90 bits per heavy atom. The number of aliphatic hydroxyl groups is 3. The molecule has 3 N–H and O–H groups in total. The zero-order valence-electron chi connectivity index (χ0n) is 5.21. The molecule has 60 valence electrons. The summed E-state index contributed by atoms with van der Waals surface area (Å²) >= 11 is 3.82. The van der Waals surface area contributed by atoms with Crippen LogP contribution in [0.5, 0.6) is 0 Å². The smallest absolute Gasteiger partial charge is 0.129 e. The molecule has 1 aliphatic rings. The summed E-state index contributed by atoms with van der Waals surface area (Å²) in [6.45, 7) is -0.296. The van der Waals surface area contributed by atoms with Gasteiger partial charge in [0.1, 0.15) is 23.7 Å². The van der Waals surface area contributed by atoms with Crippen molar-refractivity contribution >= 4 is 12.6 Å². The first-order valence-corrected chi connectivity index (χ1v) is 3.49. The molecular weight excluding hydrogens is 156 g/mol. The van der Waals surface area contributed by atoms with Gasteiger partial charge in [-0.05, 0) is 0 Å². The Morgan fingerprint density at radius 1 is 1.30 bits per heavy atom. The van der Waals surface area contributed by atoms with Crippen LogP contribution < -0.4 is 0 Å². The Labute approximate surface area is 63.8 Å². The highest BCUT2D eigenvalue weighted by molar-refractivity contribution is 7.80. The molecule has 4 nitrogen and oxygen atoms in total. The van der Waals surface area contributed by atoms with E-state index in [4.69, 9.17) is 20.1 Å². The number of ether oxygens (including phenoxy) is 1. The van der Waals surface area contributed by atoms with Crippen molar-refractivity contribution in [1.82, 2.24) is 0 Å². The topological polar surface area (TPSA) is 69.9 Å². The molecule has 0 aromatic heterocycles. The van der Waals surface area contributed by atoms with E-state index >= 15 is 0 Å². The van der Waals surface area contributed by atoms with E-state index in [9.17, 15) is 0 Å². The van der Waals surface area contributed by atoms with Crippen molar-refractivity contribution in [3.05, 3.63) is 0 Å². The number of hydrogen-bond donors (Lipinski definition) is 4. The van der Waals surface area contributed by atoms with E-state index in [1.165, 1.54) is 0 Å². The molecule has 0 spiro atoms. The second-order valence-electron chi connectivity index (χ2n) is 2.23. The summed E-state index contributed by atoms with van der Waals surface area (Å²) in [5, 5.41) is 26.6. The van der Waals surface area contributed by atoms with E-state index in [2.05, 4.69) is 12.6 Å². The average molecular weight is 166 g/mol. The minimum atomic E-state index is -1.02. The highest BCUT2D eigenvalue weighted by atomic mass is 32.1. The van der Waals surface area contributed by atoms with Gasteiger partial charge in [-0.15, -0.1) is 12.6 Å². The van der Waals surface area contributed by atoms with E-state index in [0.29, 0.717) is 0 Å². The zero-order valence-corrected chi connectivity index (χ0v) is 6.11. The standard InChI is InChI=1S/C5H10O4S/c6-1-2-3(7)4(8)5(10)9-2/h2-8,10H,1H2. The van der Waals surface area contributed by atoms with Crippen molar-refractivity contribution in [2.45, 2.75) is 23.7 Å². The fraction of sp³-hybridized carbons (Fsp3) is 1.00. The SMILES string of the molecule is OCC1OC(S)C(O)C1O. The third kappa shape index (κ3) is 1.28. The van der Waals surface area contributed by atoms with Gasteiger partial charge in [0.05, 0.1) is 6.61 Å². The molecule has 10 heavy (non-hydrogen) atoms. The number of rotatable bonds is 1. The quantitative estimate of drug-likeness (QED) is 0.352. The van der Waals surface area contributed by atoms with Crippen LogP contribution in [0, 0.1) is 0 Å². The lowest BCUT2D eigenvalue weighted by Gasteiger charge is -2.09. The zero-order chi connectivity index (χ0) is 7.72. The summed E-state index contributed by atoms with van der Waals surface area (Å²) in [6.07, 6.45) is -2.72. The molecule has 0 aliphatic carbocycles. The highest BCUT2D eigenvalue weighted by Crippen LogP contribution is 2.22. The van der Waals surface area contributed by atoms with Crippen molar-refractivity contribution in [1.29, 1.82) is 0 Å². The van der Waals surface area contributed by atoms with Crippen molar-refractivity contribution in [3.63, 3.8) is 0 Å². The Morgan fingerprint density at radius 3 is 2.10 bits per heavy atom. The van der Waals surface area contributed by atoms with Gasteiger partial charge in [0.15, 0.2) is 0 Å². The Bertz CT molecular complexity index is 120. The Hall–Kier alpha value is 0.190. The molecular formula is C5H10O4S. The van der Waals surface area contributed by atoms with Crippen LogP contribution in [-0.4, -0.2) is 45.7 Å². The molecule has 4 atom stereocenters. The molecule has 1 rings (SSSR count). The summed E-state index contributed by atoms with van der Waals surface area (Å²) in [4.78, 5) is 0. The molecule has 0 aromatic rings. The Kier molecular flexibility index (Phi) is 2.54. The molecule has 0 aromatic carbocycles. The monoisotopic (exact) mass is 166 g/mol. The predicted octanol–water partition coefficient (Wildman–Crippen LogP) is -1.64. The van der Waals surface area contributed by atoms with Crippen LogP contribution in [0.4, 0.5) is 0 Å². The fourth-order valence-electron chi connectivity index (χ4n) is 0.880. The molecule has 0 saturated carbocycles. The first kappa shape index (κ1) is 8.29. The summed E-state index contributed by atoms with van der Waals surface area (Å²) in [6, 6.07) is 0. The molecule has 1 fully saturated rings.